The molecule has 0 aliphatic carbocycles. The van der Waals surface area contributed by atoms with Crippen molar-refractivity contribution in [1.82, 2.24) is 9.88 Å². The zero-order valence-electron chi connectivity index (χ0n) is 15.4. The lowest BCUT2D eigenvalue weighted by molar-refractivity contribution is -0.116. The summed E-state index contributed by atoms with van der Waals surface area (Å²) in [5.41, 5.74) is 0.569. The Morgan fingerprint density at radius 3 is 2.78 bits per heavy atom. The van der Waals surface area contributed by atoms with Crippen molar-refractivity contribution in [3.63, 3.8) is 0 Å². The van der Waals surface area contributed by atoms with Gasteiger partial charge in [-0.2, -0.15) is 0 Å². The number of nitrogens with one attached hydrogen (secondary N) is 1. The zero-order valence-corrected chi connectivity index (χ0v) is 17.0. The highest BCUT2D eigenvalue weighted by atomic mass is 35.5. The van der Waals surface area contributed by atoms with Crippen LogP contribution in [0.15, 0.2) is 30.5 Å². The van der Waals surface area contributed by atoms with E-state index in [1.807, 2.05) is 6.20 Å². The molecule has 0 radical (unpaired) electrons. The summed E-state index contributed by atoms with van der Waals surface area (Å²) in [6.07, 6.45) is 5.92. The van der Waals surface area contributed by atoms with Crippen molar-refractivity contribution in [3.8, 4) is 0 Å². The first-order valence-electron chi connectivity index (χ1n) is 9.28. The van der Waals surface area contributed by atoms with Gasteiger partial charge in [0.15, 0.2) is 10.9 Å². The molecule has 0 bridgehead atoms. The van der Waals surface area contributed by atoms with Crippen LogP contribution in [-0.2, 0) is 11.3 Å². The SMILES string of the molecule is CC1CCCCN1Cc1cnc(NC(=O)CCC(=O)c2ccc(Cl)cc2)s1. The Bertz CT molecular complexity index is 791. The highest BCUT2D eigenvalue weighted by Crippen LogP contribution is 2.24. The molecule has 3 rings (SSSR count). The summed E-state index contributed by atoms with van der Waals surface area (Å²) in [6.45, 7) is 4.26. The molecule has 1 aliphatic heterocycles. The smallest absolute Gasteiger partial charge is 0.226 e. The summed E-state index contributed by atoms with van der Waals surface area (Å²) < 4.78 is 0. The Morgan fingerprint density at radius 2 is 2.04 bits per heavy atom. The quantitative estimate of drug-likeness (QED) is 0.674. The van der Waals surface area contributed by atoms with Gasteiger partial charge in [-0.25, -0.2) is 4.98 Å². The molecule has 27 heavy (non-hydrogen) atoms. The van der Waals surface area contributed by atoms with Gasteiger partial charge in [0, 0.05) is 47.1 Å². The minimum atomic E-state index is -0.190. The van der Waals surface area contributed by atoms with Crippen LogP contribution >= 0.6 is 22.9 Å². The number of halogens is 1. The number of ketones is 1. The van der Waals surface area contributed by atoms with Gasteiger partial charge < -0.3 is 5.32 Å². The number of anilines is 1. The first-order valence-corrected chi connectivity index (χ1v) is 10.5. The van der Waals surface area contributed by atoms with E-state index in [0.717, 1.165) is 18.0 Å². The van der Waals surface area contributed by atoms with Gasteiger partial charge >= 0.3 is 0 Å². The molecule has 1 saturated heterocycles. The van der Waals surface area contributed by atoms with E-state index in [-0.39, 0.29) is 24.5 Å². The van der Waals surface area contributed by atoms with E-state index in [4.69, 9.17) is 11.6 Å². The topological polar surface area (TPSA) is 62.3 Å². The number of piperidine rings is 1. The fraction of sp³-hybridized carbons (Fsp3) is 0.450. The lowest BCUT2D eigenvalue weighted by Crippen LogP contribution is -2.36. The zero-order chi connectivity index (χ0) is 19.2. The van der Waals surface area contributed by atoms with Gasteiger partial charge in [0.2, 0.25) is 5.91 Å². The number of thiazole rings is 1. The van der Waals surface area contributed by atoms with Crippen LogP contribution in [0, 0.1) is 0 Å². The number of carbonyl (C=O) groups excluding carboxylic acids is 2. The molecule has 7 heteroatoms. The molecule has 0 saturated carbocycles. The second-order valence-electron chi connectivity index (χ2n) is 6.93. The van der Waals surface area contributed by atoms with E-state index in [2.05, 4.69) is 22.1 Å². The standard InChI is InChI=1S/C20H24ClN3O2S/c1-14-4-2-3-11-24(14)13-17-12-22-20(27-17)23-19(26)10-9-18(25)15-5-7-16(21)8-6-15/h5-8,12,14H,2-4,9-11,13H2,1H3,(H,22,23,26). The molecule has 1 aromatic heterocycles. The first-order chi connectivity index (χ1) is 13.0. The number of amides is 1. The van der Waals surface area contributed by atoms with Gasteiger partial charge in [-0.1, -0.05) is 18.0 Å². The number of rotatable bonds is 7. The van der Waals surface area contributed by atoms with Crippen molar-refractivity contribution >= 4 is 39.8 Å². The number of carbonyl (C=O) groups is 2. The molecule has 1 unspecified atom stereocenters. The predicted molar refractivity (Wildman–Crippen MR) is 109 cm³/mol. The van der Waals surface area contributed by atoms with Crippen molar-refractivity contribution in [2.45, 2.75) is 51.6 Å². The Kier molecular flexibility index (Phi) is 6.99. The highest BCUT2D eigenvalue weighted by molar-refractivity contribution is 7.15. The van der Waals surface area contributed by atoms with E-state index < -0.39 is 0 Å². The maximum Gasteiger partial charge on any atom is 0.226 e. The van der Waals surface area contributed by atoms with Crippen LogP contribution in [0.2, 0.25) is 5.02 Å². The van der Waals surface area contributed by atoms with Crippen molar-refractivity contribution in [2.75, 3.05) is 11.9 Å². The normalized spacial score (nSPS) is 17.6. The van der Waals surface area contributed by atoms with Crippen LogP contribution in [0.4, 0.5) is 5.13 Å². The molecule has 1 atom stereocenters. The largest absolute Gasteiger partial charge is 0.302 e. The van der Waals surface area contributed by atoms with E-state index in [1.165, 1.54) is 30.6 Å². The van der Waals surface area contributed by atoms with Gasteiger partial charge in [-0.3, -0.25) is 14.5 Å². The number of hydrogen-bond acceptors (Lipinski definition) is 5. The molecule has 2 heterocycles. The van der Waals surface area contributed by atoms with Crippen LogP contribution in [0.5, 0.6) is 0 Å². The molecular weight excluding hydrogens is 382 g/mol. The van der Waals surface area contributed by atoms with Crippen molar-refractivity contribution in [2.24, 2.45) is 0 Å². The second kappa shape index (κ2) is 9.44. The molecule has 2 aromatic rings. The summed E-state index contributed by atoms with van der Waals surface area (Å²) in [5.74, 6) is -0.259. The highest BCUT2D eigenvalue weighted by Gasteiger charge is 2.19. The Labute approximate surface area is 168 Å². The van der Waals surface area contributed by atoms with Crippen LogP contribution < -0.4 is 5.32 Å². The van der Waals surface area contributed by atoms with E-state index in [9.17, 15) is 9.59 Å². The maximum atomic E-state index is 12.1. The minimum absolute atomic E-state index is 0.0688. The van der Waals surface area contributed by atoms with Gasteiger partial charge in [-0.05, 0) is 50.6 Å². The van der Waals surface area contributed by atoms with E-state index in [1.54, 1.807) is 24.3 Å². The van der Waals surface area contributed by atoms with Crippen LogP contribution in [-0.4, -0.2) is 34.2 Å². The molecular formula is C20H24ClN3O2S. The van der Waals surface area contributed by atoms with Crippen LogP contribution in [0.25, 0.3) is 0 Å². The Balaban J connectivity index is 1.46. The first kappa shape index (κ1) is 20.0. The number of nitrogens with zero attached hydrogens (tertiary/aromatic N) is 2. The third kappa shape index (κ3) is 5.86. The van der Waals surface area contributed by atoms with Crippen LogP contribution in [0.1, 0.15) is 54.3 Å². The van der Waals surface area contributed by atoms with Crippen molar-refractivity contribution < 1.29 is 9.59 Å². The predicted octanol–water partition coefficient (Wildman–Crippen LogP) is 4.77. The van der Waals surface area contributed by atoms with Crippen molar-refractivity contribution in [3.05, 3.63) is 45.9 Å². The number of Topliss-reactive ketones (excluding diaryl/α,β-unsaturated/α-hetero) is 1. The molecule has 0 spiro atoms. The number of benzene rings is 1. The summed E-state index contributed by atoms with van der Waals surface area (Å²) in [5, 5.41) is 3.99. The van der Waals surface area contributed by atoms with Gasteiger partial charge in [-0.15, -0.1) is 11.3 Å². The average molecular weight is 406 g/mol. The van der Waals surface area contributed by atoms with Crippen molar-refractivity contribution in [1.29, 1.82) is 0 Å². The maximum absolute atomic E-state index is 12.1. The van der Waals surface area contributed by atoms with Gasteiger partial charge in [0.25, 0.3) is 0 Å². The Hall–Kier alpha value is -1.76. The second-order valence-corrected chi connectivity index (χ2v) is 8.48. The lowest BCUT2D eigenvalue weighted by Gasteiger charge is -2.32. The molecule has 1 aliphatic rings. The summed E-state index contributed by atoms with van der Waals surface area (Å²) in [6, 6.07) is 7.30. The molecule has 144 valence electrons. The molecule has 1 N–H and O–H groups in total. The van der Waals surface area contributed by atoms with Gasteiger partial charge in [0.05, 0.1) is 0 Å². The number of likely N-dealkylation sites (tertiary alicyclic amines) is 1. The molecule has 5 nitrogen and oxygen atoms in total. The summed E-state index contributed by atoms with van der Waals surface area (Å²) in [7, 11) is 0. The van der Waals surface area contributed by atoms with E-state index >= 15 is 0 Å². The summed E-state index contributed by atoms with van der Waals surface area (Å²) in [4.78, 5) is 32.2. The minimum Gasteiger partial charge on any atom is -0.302 e. The lowest BCUT2D eigenvalue weighted by atomic mass is 10.0. The van der Waals surface area contributed by atoms with Gasteiger partial charge in [0.1, 0.15) is 0 Å². The Morgan fingerprint density at radius 1 is 1.26 bits per heavy atom. The molecule has 1 fully saturated rings. The number of aromatic nitrogens is 1. The third-order valence-corrected chi connectivity index (χ3v) is 5.99. The summed E-state index contributed by atoms with van der Waals surface area (Å²) >= 11 is 7.33. The fourth-order valence-corrected chi connectivity index (χ4v) is 4.20. The fourth-order valence-electron chi connectivity index (χ4n) is 3.22. The third-order valence-electron chi connectivity index (χ3n) is 4.84. The van der Waals surface area contributed by atoms with E-state index in [0.29, 0.717) is 21.8 Å². The molecule has 1 aromatic carbocycles. The monoisotopic (exact) mass is 405 g/mol. The number of hydrogen-bond donors (Lipinski definition) is 1. The average Bonchev–Trinajstić information content (AvgIpc) is 3.09. The van der Waals surface area contributed by atoms with Crippen LogP contribution in [0.3, 0.4) is 0 Å². The molecule has 1 amide bonds.